The summed E-state index contributed by atoms with van der Waals surface area (Å²) < 4.78 is 23.4. The van der Waals surface area contributed by atoms with Crippen molar-refractivity contribution in [3.8, 4) is 5.75 Å². The van der Waals surface area contributed by atoms with Crippen LogP contribution < -0.4 is 10.5 Å². The Bertz CT molecular complexity index is 516. The monoisotopic (exact) mass is 256 g/mol. The maximum absolute atomic E-state index is 13.1. The second-order valence-corrected chi connectivity index (χ2v) is 3.76. The van der Waals surface area contributed by atoms with Crippen LogP contribution >= 0.6 is 11.6 Å². The fourth-order valence-corrected chi connectivity index (χ4v) is 1.36. The van der Waals surface area contributed by atoms with Crippen LogP contribution in [0.2, 0.25) is 5.02 Å². The molecule has 6 heteroatoms. The van der Waals surface area contributed by atoms with Crippen LogP contribution in [0.5, 0.6) is 5.75 Å². The van der Waals surface area contributed by atoms with Crippen molar-refractivity contribution in [2.75, 3.05) is 0 Å². The second kappa shape index (κ2) is 5.16. The van der Waals surface area contributed by atoms with Crippen LogP contribution in [-0.4, -0.2) is 5.16 Å². The Morgan fingerprint density at radius 1 is 1.41 bits per heavy atom. The Morgan fingerprint density at radius 2 is 2.24 bits per heavy atom. The van der Waals surface area contributed by atoms with E-state index in [1.54, 1.807) is 12.1 Å². The molecule has 2 aromatic rings. The van der Waals surface area contributed by atoms with Crippen molar-refractivity contribution in [1.82, 2.24) is 5.16 Å². The van der Waals surface area contributed by atoms with Gasteiger partial charge in [-0.2, -0.15) is 0 Å². The van der Waals surface area contributed by atoms with Crippen molar-refractivity contribution in [2.45, 2.75) is 13.2 Å². The fourth-order valence-electron chi connectivity index (χ4n) is 1.24. The fraction of sp³-hybridized carbons (Fsp3) is 0.182. The topological polar surface area (TPSA) is 61.3 Å². The zero-order chi connectivity index (χ0) is 12.3. The van der Waals surface area contributed by atoms with Crippen LogP contribution in [0.15, 0.2) is 28.8 Å². The summed E-state index contributed by atoms with van der Waals surface area (Å²) in [4.78, 5) is 0. The molecule has 4 nitrogen and oxygen atoms in total. The summed E-state index contributed by atoms with van der Waals surface area (Å²) in [5, 5.41) is 3.76. The maximum atomic E-state index is 13.1. The number of nitrogens with two attached hydrogens (primary N) is 1. The molecule has 90 valence electrons. The first kappa shape index (κ1) is 11.9. The van der Waals surface area contributed by atoms with Gasteiger partial charge in [-0.05, 0) is 12.1 Å². The Hall–Kier alpha value is -1.59. The van der Waals surface area contributed by atoms with Gasteiger partial charge >= 0.3 is 0 Å². The van der Waals surface area contributed by atoms with Crippen molar-refractivity contribution >= 4 is 11.6 Å². The van der Waals surface area contributed by atoms with Crippen molar-refractivity contribution in [3.63, 3.8) is 0 Å². The highest BCUT2D eigenvalue weighted by atomic mass is 35.5. The van der Waals surface area contributed by atoms with E-state index in [1.807, 2.05) is 0 Å². The molecule has 0 atom stereocenters. The number of benzene rings is 1. The number of hydrogen-bond acceptors (Lipinski definition) is 4. The largest absolute Gasteiger partial charge is 0.485 e. The molecule has 0 fully saturated rings. The second-order valence-electron chi connectivity index (χ2n) is 3.35. The molecule has 0 amide bonds. The molecule has 2 N–H and O–H groups in total. The Morgan fingerprint density at radius 3 is 2.88 bits per heavy atom. The van der Waals surface area contributed by atoms with Gasteiger partial charge in [-0.25, -0.2) is 4.39 Å². The van der Waals surface area contributed by atoms with Gasteiger partial charge < -0.3 is 15.0 Å². The zero-order valence-corrected chi connectivity index (χ0v) is 9.58. The predicted molar refractivity (Wildman–Crippen MR) is 60.1 cm³/mol. The average Bonchev–Trinajstić information content (AvgIpc) is 2.79. The zero-order valence-electron chi connectivity index (χ0n) is 8.82. The number of aromatic nitrogens is 1. The van der Waals surface area contributed by atoms with Crippen LogP contribution in [0.1, 0.15) is 11.5 Å². The molecule has 0 aliphatic rings. The summed E-state index contributed by atoms with van der Waals surface area (Å²) in [6.45, 7) is 0.465. The van der Waals surface area contributed by atoms with Gasteiger partial charge in [0.05, 0.1) is 10.7 Å². The highest BCUT2D eigenvalue weighted by Crippen LogP contribution is 2.21. The molecule has 0 unspecified atom stereocenters. The number of nitrogens with zero attached hydrogens (tertiary/aromatic N) is 1. The van der Waals surface area contributed by atoms with E-state index < -0.39 is 5.82 Å². The minimum absolute atomic E-state index is 0.0578. The summed E-state index contributed by atoms with van der Waals surface area (Å²) in [6, 6.07) is 5.90. The van der Waals surface area contributed by atoms with Crippen LogP contribution in [0.25, 0.3) is 0 Å². The summed E-state index contributed by atoms with van der Waals surface area (Å²) in [6.07, 6.45) is 0. The third kappa shape index (κ3) is 2.95. The molecule has 0 aliphatic carbocycles. The molecule has 0 radical (unpaired) electrons. The smallest absolute Gasteiger partial charge is 0.174 e. The molecular weight excluding hydrogens is 247 g/mol. The van der Waals surface area contributed by atoms with Gasteiger partial charge in [0.1, 0.15) is 18.2 Å². The van der Waals surface area contributed by atoms with Crippen molar-refractivity contribution in [2.24, 2.45) is 5.73 Å². The third-order valence-electron chi connectivity index (χ3n) is 2.09. The first-order valence-corrected chi connectivity index (χ1v) is 5.29. The van der Waals surface area contributed by atoms with E-state index in [0.717, 1.165) is 0 Å². The summed E-state index contributed by atoms with van der Waals surface area (Å²) in [5.74, 6) is 0.378. The quantitative estimate of drug-likeness (QED) is 0.913. The van der Waals surface area contributed by atoms with Gasteiger partial charge in [0.15, 0.2) is 5.76 Å². The first-order valence-electron chi connectivity index (χ1n) is 4.91. The van der Waals surface area contributed by atoms with Gasteiger partial charge in [0.25, 0.3) is 0 Å². The van der Waals surface area contributed by atoms with Gasteiger partial charge in [-0.1, -0.05) is 16.8 Å². The van der Waals surface area contributed by atoms with E-state index in [9.17, 15) is 4.39 Å². The highest BCUT2D eigenvalue weighted by molar-refractivity contribution is 6.30. The molecule has 0 saturated heterocycles. The van der Waals surface area contributed by atoms with E-state index in [4.69, 9.17) is 26.6 Å². The van der Waals surface area contributed by atoms with Crippen LogP contribution in [0.3, 0.4) is 0 Å². The van der Waals surface area contributed by atoms with Crippen LogP contribution in [0, 0.1) is 5.82 Å². The van der Waals surface area contributed by atoms with E-state index in [1.165, 1.54) is 12.1 Å². The van der Waals surface area contributed by atoms with Crippen LogP contribution in [0.4, 0.5) is 4.39 Å². The summed E-state index contributed by atoms with van der Waals surface area (Å²) in [5.41, 5.74) is 6.02. The molecule has 0 bridgehead atoms. The Labute approximate surface area is 102 Å². The minimum Gasteiger partial charge on any atom is -0.485 e. The van der Waals surface area contributed by atoms with E-state index in [2.05, 4.69) is 5.16 Å². The predicted octanol–water partition coefficient (Wildman–Crippen LogP) is 2.50. The molecule has 2 rings (SSSR count). The summed E-state index contributed by atoms with van der Waals surface area (Å²) >= 11 is 5.55. The minimum atomic E-state index is -0.524. The highest BCUT2D eigenvalue weighted by Gasteiger charge is 2.05. The lowest BCUT2D eigenvalue weighted by atomic mass is 10.3. The number of halogens is 2. The maximum Gasteiger partial charge on any atom is 0.174 e. The molecule has 1 aromatic heterocycles. The molecule has 0 spiro atoms. The lowest BCUT2D eigenvalue weighted by molar-refractivity contribution is 0.247. The van der Waals surface area contributed by atoms with Crippen LogP contribution in [-0.2, 0) is 13.2 Å². The number of ether oxygens (including phenoxy) is 1. The van der Waals surface area contributed by atoms with Crippen molar-refractivity contribution in [1.29, 1.82) is 0 Å². The van der Waals surface area contributed by atoms with Gasteiger partial charge in [0, 0.05) is 18.7 Å². The van der Waals surface area contributed by atoms with Gasteiger partial charge in [-0.3, -0.25) is 0 Å². The molecule has 0 aliphatic heterocycles. The lowest BCUT2D eigenvalue weighted by Gasteiger charge is -2.03. The standard InChI is InChI=1S/C11H10ClFN2O2/c12-10-2-1-8(4-11(10)13)16-6-9-3-7(5-14)15-17-9/h1-4H,5-6,14H2. The average molecular weight is 257 g/mol. The Balaban J connectivity index is 1.99. The molecule has 1 aromatic carbocycles. The van der Waals surface area contributed by atoms with E-state index in [-0.39, 0.29) is 11.6 Å². The summed E-state index contributed by atoms with van der Waals surface area (Å²) in [7, 11) is 0. The van der Waals surface area contributed by atoms with Crippen molar-refractivity contribution in [3.05, 3.63) is 46.6 Å². The SMILES string of the molecule is NCc1cc(COc2ccc(Cl)c(F)c2)on1. The normalized spacial score (nSPS) is 10.5. The Kier molecular flexibility index (Phi) is 3.61. The lowest BCUT2D eigenvalue weighted by Crippen LogP contribution is -1.96. The van der Waals surface area contributed by atoms with E-state index >= 15 is 0 Å². The van der Waals surface area contributed by atoms with E-state index in [0.29, 0.717) is 23.7 Å². The van der Waals surface area contributed by atoms with Gasteiger partial charge in [0.2, 0.25) is 0 Å². The van der Waals surface area contributed by atoms with Gasteiger partial charge in [-0.15, -0.1) is 0 Å². The number of hydrogen-bond donors (Lipinski definition) is 1. The van der Waals surface area contributed by atoms with Crippen molar-refractivity contribution < 1.29 is 13.7 Å². The number of rotatable bonds is 4. The third-order valence-corrected chi connectivity index (χ3v) is 2.40. The molecule has 1 heterocycles. The molecule has 17 heavy (non-hydrogen) atoms. The first-order chi connectivity index (χ1) is 8.19. The molecular formula is C11H10ClFN2O2. The molecule has 0 saturated carbocycles.